The number of esters is 1. The van der Waals surface area contributed by atoms with Gasteiger partial charge in [-0.2, -0.15) is 0 Å². The molecule has 0 saturated heterocycles. The maximum Gasteiger partial charge on any atom is 0.308 e. The summed E-state index contributed by atoms with van der Waals surface area (Å²) in [5.41, 5.74) is 4.24. The van der Waals surface area contributed by atoms with E-state index in [0.29, 0.717) is 12.3 Å². The second kappa shape index (κ2) is 8.78. The normalized spacial score (nSPS) is 17.6. The Morgan fingerprint density at radius 2 is 2.04 bits per heavy atom. The number of nitrogens with zero attached hydrogens (tertiary/aromatic N) is 2. The van der Waals surface area contributed by atoms with E-state index in [4.69, 9.17) is 14.5 Å². The van der Waals surface area contributed by atoms with Crippen LogP contribution in [-0.2, 0) is 14.3 Å². The van der Waals surface area contributed by atoms with Crippen LogP contribution in [0.3, 0.4) is 0 Å². The molecular weight excluding hydrogens is 354 g/mol. The van der Waals surface area contributed by atoms with Gasteiger partial charge in [0.2, 0.25) is 5.95 Å². The Labute approximate surface area is 168 Å². The molecule has 2 atom stereocenters. The second-order valence-corrected chi connectivity index (χ2v) is 7.77. The summed E-state index contributed by atoms with van der Waals surface area (Å²) in [6.45, 7) is 10.4. The second-order valence-electron chi connectivity index (χ2n) is 7.77. The molecule has 0 aliphatic carbocycles. The Morgan fingerprint density at radius 3 is 2.71 bits per heavy atom. The van der Waals surface area contributed by atoms with Gasteiger partial charge >= 0.3 is 5.97 Å². The lowest BCUT2D eigenvalue weighted by Gasteiger charge is -2.33. The Bertz CT molecular complexity index is 875. The van der Waals surface area contributed by atoms with E-state index in [2.05, 4.69) is 30.7 Å². The number of ether oxygens (including phenoxy) is 2. The molecule has 1 aliphatic rings. The minimum Gasteiger partial charge on any atom is -0.438 e. The zero-order valence-corrected chi connectivity index (χ0v) is 17.5. The van der Waals surface area contributed by atoms with Crippen LogP contribution in [0.15, 0.2) is 35.5 Å². The van der Waals surface area contributed by atoms with E-state index in [1.54, 1.807) is 0 Å². The number of benzene rings is 1. The number of carbonyl (C=O) groups is 1. The first kappa shape index (κ1) is 20.4. The maximum absolute atomic E-state index is 11.9. The molecule has 0 fully saturated rings. The van der Waals surface area contributed by atoms with E-state index >= 15 is 0 Å². The van der Waals surface area contributed by atoms with Gasteiger partial charge in [-0.05, 0) is 42.4 Å². The summed E-state index contributed by atoms with van der Waals surface area (Å²) in [7, 11) is 0. The Balaban J connectivity index is 0.00000300. The first-order chi connectivity index (χ1) is 13.5. The number of carbonyl (C=O) groups excluding carboxylic acids is 1. The maximum atomic E-state index is 11.9. The van der Waals surface area contributed by atoms with Gasteiger partial charge in [-0.15, -0.1) is 0 Å². The number of anilines is 1. The quantitative estimate of drug-likeness (QED) is 0.480. The number of para-hydroxylation sites is 2. The van der Waals surface area contributed by atoms with Crippen LogP contribution >= 0.6 is 0 Å². The van der Waals surface area contributed by atoms with Crippen LogP contribution in [0.2, 0.25) is 0 Å². The van der Waals surface area contributed by atoms with E-state index in [1.165, 1.54) is 5.57 Å². The molecule has 0 amide bonds. The van der Waals surface area contributed by atoms with Crippen molar-refractivity contribution in [1.29, 1.82) is 0 Å². The van der Waals surface area contributed by atoms with Gasteiger partial charge in [0.25, 0.3) is 0 Å². The number of nitrogens with one attached hydrogen (secondary N) is 1. The predicted molar refractivity (Wildman–Crippen MR) is 113 cm³/mol. The van der Waals surface area contributed by atoms with Crippen LogP contribution in [-0.4, -0.2) is 22.3 Å². The van der Waals surface area contributed by atoms with E-state index < -0.39 is 0 Å². The molecule has 2 unspecified atom stereocenters. The van der Waals surface area contributed by atoms with Gasteiger partial charge in [0.15, 0.2) is 13.0 Å². The first-order valence-electron chi connectivity index (χ1n) is 10.2. The number of aromatic nitrogens is 2. The van der Waals surface area contributed by atoms with Gasteiger partial charge in [0.1, 0.15) is 0 Å². The van der Waals surface area contributed by atoms with E-state index in [1.807, 2.05) is 38.1 Å². The molecule has 0 saturated carbocycles. The van der Waals surface area contributed by atoms with Crippen LogP contribution in [0, 0.1) is 11.8 Å². The van der Waals surface area contributed by atoms with Crippen molar-refractivity contribution >= 4 is 23.0 Å². The van der Waals surface area contributed by atoms with Crippen LogP contribution in [0.4, 0.5) is 5.95 Å². The van der Waals surface area contributed by atoms with Crippen molar-refractivity contribution in [3.8, 4) is 0 Å². The summed E-state index contributed by atoms with van der Waals surface area (Å²) in [4.78, 5) is 16.7. The van der Waals surface area contributed by atoms with Gasteiger partial charge in [0.05, 0.1) is 11.0 Å². The van der Waals surface area contributed by atoms with Gasteiger partial charge in [-0.1, -0.05) is 46.8 Å². The molecule has 2 aromatic rings. The lowest BCUT2D eigenvalue weighted by molar-refractivity contribution is -0.163. The van der Waals surface area contributed by atoms with E-state index in [9.17, 15) is 4.79 Å². The van der Waals surface area contributed by atoms with Gasteiger partial charge in [-0.3, -0.25) is 9.36 Å². The number of allylic oxidation sites excluding steroid dienone is 1. The minimum absolute atomic E-state index is 0. The van der Waals surface area contributed by atoms with Crippen LogP contribution in [0.25, 0.3) is 11.0 Å². The smallest absolute Gasteiger partial charge is 0.308 e. The van der Waals surface area contributed by atoms with Gasteiger partial charge < -0.3 is 14.8 Å². The van der Waals surface area contributed by atoms with E-state index in [-0.39, 0.29) is 26.3 Å². The summed E-state index contributed by atoms with van der Waals surface area (Å²) in [6.07, 6.45) is 1.90. The highest BCUT2D eigenvalue weighted by atomic mass is 16.7. The molecule has 1 aromatic heterocycles. The topological polar surface area (TPSA) is 65.4 Å². The minimum atomic E-state index is -0.343. The summed E-state index contributed by atoms with van der Waals surface area (Å²) in [5.74, 6) is 1.16. The predicted octanol–water partition coefficient (Wildman–Crippen LogP) is 5.48. The molecule has 28 heavy (non-hydrogen) atoms. The fraction of sp³-hybridized carbons (Fsp3) is 0.545. The lowest BCUT2D eigenvalue weighted by Crippen LogP contribution is -2.29. The third-order valence-electron chi connectivity index (χ3n) is 5.23. The van der Waals surface area contributed by atoms with Gasteiger partial charge in [0, 0.05) is 13.5 Å². The molecule has 0 spiro atoms. The van der Waals surface area contributed by atoms with E-state index in [0.717, 1.165) is 35.5 Å². The summed E-state index contributed by atoms with van der Waals surface area (Å²) >= 11 is 0. The number of imidazole rings is 1. The zero-order chi connectivity index (χ0) is 20.3. The van der Waals surface area contributed by atoms with Crippen molar-refractivity contribution in [3.63, 3.8) is 0 Å². The first-order valence-corrected chi connectivity index (χ1v) is 10.2. The van der Waals surface area contributed by atoms with Crippen molar-refractivity contribution in [2.45, 2.75) is 60.1 Å². The highest BCUT2D eigenvalue weighted by Crippen LogP contribution is 2.39. The Kier molecular flexibility index (Phi) is 6.39. The number of hydrogen-bond donors (Lipinski definition) is 1. The average Bonchev–Trinajstić information content (AvgIpc) is 3.04. The van der Waals surface area contributed by atoms with Crippen molar-refractivity contribution in [2.75, 3.05) is 12.1 Å². The summed E-state index contributed by atoms with van der Waals surface area (Å²) in [5, 5.41) is 3.54. The molecule has 2 heterocycles. The average molecular weight is 388 g/mol. The highest BCUT2D eigenvalue weighted by molar-refractivity contribution is 5.80. The van der Waals surface area contributed by atoms with Crippen molar-refractivity contribution in [3.05, 3.63) is 35.5 Å². The number of hydrogen-bond acceptors (Lipinski definition) is 5. The molecule has 154 valence electrons. The van der Waals surface area contributed by atoms with Crippen LogP contribution in [0.5, 0.6) is 0 Å². The molecule has 0 radical (unpaired) electrons. The highest BCUT2D eigenvalue weighted by Gasteiger charge is 2.31. The van der Waals surface area contributed by atoms with Gasteiger partial charge in [-0.25, -0.2) is 4.98 Å². The van der Waals surface area contributed by atoms with Crippen molar-refractivity contribution < 1.29 is 15.7 Å². The summed E-state index contributed by atoms with van der Waals surface area (Å²) < 4.78 is 13.5. The molecule has 1 N–H and O–H groups in total. The fourth-order valence-electron chi connectivity index (χ4n) is 3.60. The molecule has 0 bridgehead atoms. The number of rotatable bonds is 8. The fourth-order valence-corrected chi connectivity index (χ4v) is 3.60. The molecule has 1 aliphatic heterocycles. The van der Waals surface area contributed by atoms with Crippen molar-refractivity contribution in [2.24, 2.45) is 11.8 Å². The standard InChI is InChI=1S/C22H31N3O3.H2/c1-6-15(5)20-16(7-2)21(28-13-27-19(26)12-14(3)4)25-18-11-9-8-10-17(18)23-22(25)24-20;/h8-11,14-15,21H,6-7,12-13H2,1-5H3,(H,23,24);1H. The molecular formula is C22H33N3O3. The molecule has 6 nitrogen and oxygen atoms in total. The third-order valence-corrected chi connectivity index (χ3v) is 5.23. The van der Waals surface area contributed by atoms with Crippen LogP contribution in [0.1, 0.15) is 61.5 Å². The monoisotopic (exact) mass is 387 g/mol. The number of fused-ring (bicyclic) bond motifs is 3. The Hall–Kier alpha value is -2.34. The third kappa shape index (κ3) is 4.07. The molecule has 1 aromatic carbocycles. The summed E-state index contributed by atoms with van der Waals surface area (Å²) in [6, 6.07) is 8.01. The lowest BCUT2D eigenvalue weighted by atomic mass is 9.96. The van der Waals surface area contributed by atoms with Crippen molar-refractivity contribution in [1.82, 2.24) is 9.55 Å². The molecule has 3 rings (SSSR count). The largest absolute Gasteiger partial charge is 0.438 e. The van der Waals surface area contributed by atoms with Crippen LogP contribution < -0.4 is 5.32 Å². The SMILES string of the molecule is CCC1=C(C(C)CC)Nc2nc3ccccc3n2C1OCOC(=O)CC(C)C.[HH]. The Morgan fingerprint density at radius 1 is 1.29 bits per heavy atom. The zero-order valence-electron chi connectivity index (χ0n) is 17.5. The molecule has 6 heteroatoms.